The van der Waals surface area contributed by atoms with Crippen LogP contribution < -0.4 is 0 Å². The normalized spacial score (nSPS) is 12.2. The quantitative estimate of drug-likeness (QED) is 0.198. The maximum atomic E-state index is 2.50. The van der Waals surface area contributed by atoms with E-state index >= 15 is 0 Å². The zero-order valence-corrected chi connectivity index (χ0v) is 21.3. The SMILES string of the molecule is c1ccc2c(c1)ccc1ccc(-n3c4ccccc4c4ccc5ccc6c7ccccc7sc6c5c43)cc12. The van der Waals surface area contributed by atoms with Crippen molar-refractivity contribution in [2.75, 3.05) is 0 Å². The highest BCUT2D eigenvalue weighted by atomic mass is 32.1. The van der Waals surface area contributed by atoms with Crippen LogP contribution in [-0.4, -0.2) is 4.57 Å². The molecular formula is C36H21NS. The Labute approximate surface area is 222 Å². The van der Waals surface area contributed by atoms with E-state index in [0.29, 0.717) is 0 Å². The summed E-state index contributed by atoms with van der Waals surface area (Å²) in [5, 5.41) is 13.0. The van der Waals surface area contributed by atoms with Gasteiger partial charge in [0.15, 0.2) is 0 Å². The highest BCUT2D eigenvalue weighted by Crippen LogP contribution is 2.44. The van der Waals surface area contributed by atoms with Crippen molar-refractivity contribution >= 4 is 85.6 Å². The third kappa shape index (κ3) is 2.65. The van der Waals surface area contributed by atoms with E-state index in [-0.39, 0.29) is 0 Å². The largest absolute Gasteiger partial charge is 0.309 e. The molecule has 9 rings (SSSR count). The van der Waals surface area contributed by atoms with Crippen LogP contribution in [0.1, 0.15) is 0 Å². The Morgan fingerprint density at radius 1 is 0.447 bits per heavy atom. The van der Waals surface area contributed by atoms with Crippen LogP contribution in [0.5, 0.6) is 0 Å². The van der Waals surface area contributed by atoms with Gasteiger partial charge in [0.2, 0.25) is 0 Å². The van der Waals surface area contributed by atoms with Crippen LogP contribution in [0.15, 0.2) is 127 Å². The lowest BCUT2D eigenvalue weighted by atomic mass is 10.0. The molecule has 9 aromatic rings. The van der Waals surface area contributed by atoms with Crippen molar-refractivity contribution in [3.63, 3.8) is 0 Å². The molecule has 0 aliphatic carbocycles. The number of hydrogen-bond acceptors (Lipinski definition) is 1. The molecule has 0 atom stereocenters. The van der Waals surface area contributed by atoms with Crippen molar-refractivity contribution in [3.05, 3.63) is 127 Å². The van der Waals surface area contributed by atoms with Gasteiger partial charge in [0.05, 0.1) is 11.0 Å². The van der Waals surface area contributed by atoms with Gasteiger partial charge in [0.25, 0.3) is 0 Å². The lowest BCUT2D eigenvalue weighted by Crippen LogP contribution is -1.95. The molecule has 2 heteroatoms. The molecule has 7 aromatic carbocycles. The zero-order valence-electron chi connectivity index (χ0n) is 20.5. The first-order valence-electron chi connectivity index (χ1n) is 13.0. The number of aromatic nitrogens is 1. The van der Waals surface area contributed by atoms with Crippen molar-refractivity contribution < 1.29 is 0 Å². The van der Waals surface area contributed by atoms with Crippen LogP contribution in [-0.2, 0) is 0 Å². The maximum absolute atomic E-state index is 2.50. The molecule has 0 aliphatic rings. The van der Waals surface area contributed by atoms with Gasteiger partial charge in [-0.15, -0.1) is 11.3 Å². The first kappa shape index (κ1) is 20.4. The van der Waals surface area contributed by atoms with Gasteiger partial charge in [-0.05, 0) is 51.2 Å². The van der Waals surface area contributed by atoms with Gasteiger partial charge in [-0.3, -0.25) is 0 Å². The molecule has 0 bridgehead atoms. The number of rotatable bonds is 1. The van der Waals surface area contributed by atoms with Crippen LogP contribution in [0.2, 0.25) is 0 Å². The van der Waals surface area contributed by atoms with E-state index < -0.39 is 0 Å². The second-order valence-electron chi connectivity index (χ2n) is 10.1. The Kier molecular flexibility index (Phi) is 3.99. The summed E-state index contributed by atoms with van der Waals surface area (Å²) in [4.78, 5) is 0. The fourth-order valence-electron chi connectivity index (χ4n) is 6.44. The van der Waals surface area contributed by atoms with Crippen LogP contribution in [0.3, 0.4) is 0 Å². The van der Waals surface area contributed by atoms with Gasteiger partial charge >= 0.3 is 0 Å². The Bertz CT molecular complexity index is 2400. The molecule has 0 saturated carbocycles. The van der Waals surface area contributed by atoms with E-state index in [2.05, 4.69) is 132 Å². The van der Waals surface area contributed by atoms with Crippen LogP contribution >= 0.6 is 11.3 Å². The van der Waals surface area contributed by atoms with Crippen LogP contribution in [0.4, 0.5) is 0 Å². The molecule has 0 fully saturated rings. The van der Waals surface area contributed by atoms with Gasteiger partial charge in [-0.25, -0.2) is 0 Å². The van der Waals surface area contributed by atoms with Crippen molar-refractivity contribution in [3.8, 4) is 5.69 Å². The van der Waals surface area contributed by atoms with Crippen molar-refractivity contribution in [1.82, 2.24) is 4.57 Å². The van der Waals surface area contributed by atoms with E-state index in [1.165, 1.54) is 80.0 Å². The average molecular weight is 500 g/mol. The molecule has 38 heavy (non-hydrogen) atoms. The summed E-state index contributed by atoms with van der Waals surface area (Å²) < 4.78 is 5.20. The first-order chi connectivity index (χ1) is 18.8. The Hall–Kier alpha value is -4.66. The average Bonchev–Trinajstić information content (AvgIpc) is 3.53. The van der Waals surface area contributed by atoms with Crippen LogP contribution in [0, 0.1) is 0 Å². The van der Waals surface area contributed by atoms with E-state index in [9.17, 15) is 0 Å². The highest BCUT2D eigenvalue weighted by molar-refractivity contribution is 7.26. The fourth-order valence-corrected chi connectivity index (χ4v) is 7.70. The summed E-state index contributed by atoms with van der Waals surface area (Å²) in [5.74, 6) is 0. The molecule has 2 aromatic heterocycles. The number of benzene rings is 7. The highest BCUT2D eigenvalue weighted by Gasteiger charge is 2.18. The second kappa shape index (κ2) is 7.44. The monoisotopic (exact) mass is 499 g/mol. The van der Waals surface area contributed by atoms with E-state index in [1.54, 1.807) is 0 Å². The summed E-state index contributed by atoms with van der Waals surface area (Å²) in [6.07, 6.45) is 0. The molecule has 0 radical (unpaired) electrons. The molecule has 0 saturated heterocycles. The van der Waals surface area contributed by atoms with E-state index in [1.807, 2.05) is 11.3 Å². The lowest BCUT2D eigenvalue weighted by molar-refractivity contribution is 1.19. The minimum Gasteiger partial charge on any atom is -0.309 e. The molecule has 1 nitrogen and oxygen atoms in total. The molecule has 0 N–H and O–H groups in total. The van der Waals surface area contributed by atoms with Crippen molar-refractivity contribution in [2.24, 2.45) is 0 Å². The smallest absolute Gasteiger partial charge is 0.0633 e. The fraction of sp³-hybridized carbons (Fsp3) is 0. The van der Waals surface area contributed by atoms with Crippen molar-refractivity contribution in [1.29, 1.82) is 0 Å². The van der Waals surface area contributed by atoms with E-state index in [4.69, 9.17) is 0 Å². The standard InChI is InChI=1S/C36H21NS/c1-2-8-26-22(7-1)13-14-23-15-18-25(21-31(23)26)37-32-11-5-3-9-27(32)29-19-16-24-17-20-30-28-10-4-6-12-33(28)38-36(30)34(24)35(29)37/h1-21H. The Morgan fingerprint density at radius 2 is 1.11 bits per heavy atom. The number of thiophene rings is 1. The summed E-state index contributed by atoms with van der Waals surface area (Å²) in [5.41, 5.74) is 3.74. The lowest BCUT2D eigenvalue weighted by Gasteiger charge is -2.13. The number of hydrogen-bond donors (Lipinski definition) is 0. The maximum Gasteiger partial charge on any atom is 0.0633 e. The minimum atomic E-state index is 1.20. The second-order valence-corrected chi connectivity index (χ2v) is 11.2. The summed E-state index contributed by atoms with van der Waals surface area (Å²) in [7, 11) is 0. The Morgan fingerprint density at radius 3 is 2.00 bits per heavy atom. The summed E-state index contributed by atoms with van der Waals surface area (Å²) >= 11 is 1.91. The predicted octanol–water partition coefficient (Wildman–Crippen LogP) is 10.6. The first-order valence-corrected chi connectivity index (χ1v) is 13.8. The molecule has 0 spiro atoms. The van der Waals surface area contributed by atoms with Gasteiger partial charge < -0.3 is 4.57 Å². The number of fused-ring (bicyclic) bond motifs is 12. The predicted molar refractivity (Wildman–Crippen MR) is 166 cm³/mol. The molecule has 0 amide bonds. The molecular weight excluding hydrogens is 478 g/mol. The Balaban J connectivity index is 1.51. The molecule has 0 aliphatic heterocycles. The van der Waals surface area contributed by atoms with Gasteiger partial charge in [-0.2, -0.15) is 0 Å². The molecule has 2 heterocycles. The third-order valence-electron chi connectivity index (χ3n) is 8.15. The number of nitrogens with zero attached hydrogens (tertiary/aromatic N) is 1. The van der Waals surface area contributed by atoms with Crippen molar-refractivity contribution in [2.45, 2.75) is 0 Å². The number of para-hydroxylation sites is 1. The zero-order chi connectivity index (χ0) is 24.8. The van der Waals surface area contributed by atoms with Crippen LogP contribution in [0.25, 0.3) is 80.0 Å². The van der Waals surface area contributed by atoms with Gasteiger partial charge in [-0.1, -0.05) is 103 Å². The summed E-state index contributed by atoms with van der Waals surface area (Å²) in [6.45, 7) is 0. The van der Waals surface area contributed by atoms with E-state index in [0.717, 1.165) is 0 Å². The van der Waals surface area contributed by atoms with Gasteiger partial charge in [0, 0.05) is 42.0 Å². The minimum absolute atomic E-state index is 1.20. The molecule has 0 unspecified atom stereocenters. The molecule has 176 valence electrons. The topological polar surface area (TPSA) is 4.93 Å². The third-order valence-corrected chi connectivity index (χ3v) is 9.35. The summed E-state index contributed by atoms with van der Waals surface area (Å²) in [6, 6.07) is 47.0. The van der Waals surface area contributed by atoms with Gasteiger partial charge in [0.1, 0.15) is 0 Å².